The summed E-state index contributed by atoms with van der Waals surface area (Å²) in [6.07, 6.45) is 4.87. The zero-order valence-corrected chi connectivity index (χ0v) is 11.0. The topological polar surface area (TPSA) is 42.4 Å². The Morgan fingerprint density at radius 1 is 1.32 bits per heavy atom. The third-order valence-corrected chi connectivity index (χ3v) is 3.47. The number of fused-ring (bicyclic) bond motifs is 1. The Bertz CT molecular complexity index is 595. The van der Waals surface area contributed by atoms with Crippen LogP contribution in [0.5, 0.6) is 5.75 Å². The maximum absolute atomic E-state index is 10.6. The molecule has 98 valence electrons. The van der Waals surface area contributed by atoms with Gasteiger partial charge in [0, 0.05) is 23.5 Å². The predicted molar refractivity (Wildman–Crippen MR) is 73.3 cm³/mol. The SMILES string of the molecule is Cc1cncc(C(O)c2cccc3c2OCCC3)c1. The van der Waals surface area contributed by atoms with Gasteiger partial charge in [-0.1, -0.05) is 24.3 Å². The molecule has 1 aromatic heterocycles. The van der Waals surface area contributed by atoms with Crippen molar-refractivity contribution in [1.29, 1.82) is 0 Å². The van der Waals surface area contributed by atoms with Gasteiger partial charge in [-0.05, 0) is 30.9 Å². The number of pyridine rings is 1. The van der Waals surface area contributed by atoms with Gasteiger partial charge in [0.25, 0.3) is 0 Å². The number of aliphatic hydroxyl groups is 1. The van der Waals surface area contributed by atoms with E-state index in [4.69, 9.17) is 4.74 Å². The molecule has 1 aliphatic rings. The van der Waals surface area contributed by atoms with Gasteiger partial charge in [-0.2, -0.15) is 0 Å². The first-order valence-corrected chi connectivity index (χ1v) is 6.60. The van der Waals surface area contributed by atoms with E-state index in [1.165, 1.54) is 5.56 Å². The molecule has 0 radical (unpaired) electrons. The maximum Gasteiger partial charge on any atom is 0.128 e. The lowest BCUT2D eigenvalue weighted by molar-refractivity contribution is 0.206. The van der Waals surface area contributed by atoms with Crippen LogP contribution in [0.1, 0.15) is 34.8 Å². The zero-order chi connectivity index (χ0) is 13.2. The number of hydrogen-bond acceptors (Lipinski definition) is 3. The number of hydrogen-bond donors (Lipinski definition) is 1. The van der Waals surface area contributed by atoms with E-state index in [0.717, 1.165) is 41.9 Å². The Balaban J connectivity index is 2.02. The molecule has 1 atom stereocenters. The minimum Gasteiger partial charge on any atom is -0.493 e. The Labute approximate surface area is 112 Å². The molecule has 0 bridgehead atoms. The largest absolute Gasteiger partial charge is 0.493 e. The number of nitrogens with zero attached hydrogens (tertiary/aromatic N) is 1. The summed E-state index contributed by atoms with van der Waals surface area (Å²) in [5, 5.41) is 10.6. The monoisotopic (exact) mass is 255 g/mol. The average Bonchev–Trinajstić information content (AvgIpc) is 2.46. The molecule has 0 amide bonds. The van der Waals surface area contributed by atoms with E-state index >= 15 is 0 Å². The zero-order valence-electron chi connectivity index (χ0n) is 11.0. The number of para-hydroxylation sites is 1. The lowest BCUT2D eigenvalue weighted by Crippen LogP contribution is -2.12. The lowest BCUT2D eigenvalue weighted by Gasteiger charge is -2.23. The summed E-state index contributed by atoms with van der Waals surface area (Å²) in [6.45, 7) is 2.70. The number of benzene rings is 1. The molecule has 1 aromatic carbocycles. The Hall–Kier alpha value is -1.87. The van der Waals surface area contributed by atoms with E-state index in [1.54, 1.807) is 12.4 Å². The van der Waals surface area contributed by atoms with Crippen molar-refractivity contribution in [2.45, 2.75) is 25.9 Å². The first kappa shape index (κ1) is 12.2. The van der Waals surface area contributed by atoms with Crippen molar-refractivity contribution >= 4 is 0 Å². The van der Waals surface area contributed by atoms with Gasteiger partial charge in [-0.3, -0.25) is 4.98 Å². The van der Waals surface area contributed by atoms with E-state index in [1.807, 2.05) is 25.1 Å². The summed E-state index contributed by atoms with van der Waals surface area (Å²) in [6, 6.07) is 7.94. The van der Waals surface area contributed by atoms with E-state index in [0.29, 0.717) is 0 Å². The molecule has 3 heteroatoms. The molecule has 0 fully saturated rings. The van der Waals surface area contributed by atoms with Crippen LogP contribution in [0.3, 0.4) is 0 Å². The third kappa shape index (κ3) is 2.34. The van der Waals surface area contributed by atoms with Crippen molar-refractivity contribution in [3.63, 3.8) is 0 Å². The molecule has 1 N–H and O–H groups in total. The highest BCUT2D eigenvalue weighted by Gasteiger charge is 2.20. The number of rotatable bonds is 2. The molecule has 0 spiro atoms. The third-order valence-electron chi connectivity index (χ3n) is 3.47. The van der Waals surface area contributed by atoms with Gasteiger partial charge in [-0.15, -0.1) is 0 Å². The molecular weight excluding hydrogens is 238 g/mol. The van der Waals surface area contributed by atoms with Crippen LogP contribution in [0.25, 0.3) is 0 Å². The van der Waals surface area contributed by atoms with Crippen LogP contribution in [0, 0.1) is 6.92 Å². The van der Waals surface area contributed by atoms with Crippen LogP contribution in [0.4, 0.5) is 0 Å². The highest BCUT2D eigenvalue weighted by Crippen LogP contribution is 2.35. The lowest BCUT2D eigenvalue weighted by atomic mass is 9.96. The van der Waals surface area contributed by atoms with Crippen molar-refractivity contribution in [1.82, 2.24) is 4.98 Å². The number of ether oxygens (including phenoxy) is 1. The molecule has 0 aliphatic carbocycles. The maximum atomic E-state index is 10.6. The average molecular weight is 255 g/mol. The van der Waals surface area contributed by atoms with Crippen LogP contribution in [-0.2, 0) is 6.42 Å². The number of aromatic nitrogens is 1. The minimum absolute atomic E-state index is 0.680. The van der Waals surface area contributed by atoms with Gasteiger partial charge in [-0.25, -0.2) is 0 Å². The van der Waals surface area contributed by atoms with Crippen molar-refractivity contribution in [2.75, 3.05) is 6.61 Å². The number of aryl methyl sites for hydroxylation is 2. The number of aliphatic hydroxyl groups excluding tert-OH is 1. The van der Waals surface area contributed by atoms with Crippen molar-refractivity contribution in [3.05, 3.63) is 58.9 Å². The summed E-state index contributed by atoms with van der Waals surface area (Å²) in [4.78, 5) is 4.14. The molecule has 2 heterocycles. The van der Waals surface area contributed by atoms with Gasteiger partial charge in [0.2, 0.25) is 0 Å². The van der Waals surface area contributed by atoms with Crippen LogP contribution < -0.4 is 4.74 Å². The second kappa shape index (κ2) is 5.02. The molecular formula is C16H17NO2. The highest BCUT2D eigenvalue weighted by atomic mass is 16.5. The summed E-state index contributed by atoms with van der Waals surface area (Å²) in [5.41, 5.74) is 3.87. The van der Waals surface area contributed by atoms with E-state index in [2.05, 4.69) is 11.1 Å². The van der Waals surface area contributed by atoms with Gasteiger partial charge in [0.15, 0.2) is 0 Å². The van der Waals surface area contributed by atoms with Gasteiger partial charge >= 0.3 is 0 Å². The van der Waals surface area contributed by atoms with Crippen molar-refractivity contribution in [3.8, 4) is 5.75 Å². The molecule has 3 rings (SSSR count). The van der Waals surface area contributed by atoms with Crippen LogP contribution in [-0.4, -0.2) is 16.7 Å². The molecule has 1 unspecified atom stereocenters. The predicted octanol–water partition coefficient (Wildman–Crippen LogP) is 2.80. The second-order valence-electron chi connectivity index (χ2n) is 4.99. The van der Waals surface area contributed by atoms with Crippen molar-refractivity contribution < 1.29 is 9.84 Å². The fourth-order valence-corrected chi connectivity index (χ4v) is 2.54. The Morgan fingerprint density at radius 3 is 3.05 bits per heavy atom. The Morgan fingerprint density at radius 2 is 2.21 bits per heavy atom. The molecule has 19 heavy (non-hydrogen) atoms. The summed E-state index contributed by atoms with van der Waals surface area (Å²) >= 11 is 0. The smallest absolute Gasteiger partial charge is 0.128 e. The Kier molecular flexibility index (Phi) is 3.22. The van der Waals surface area contributed by atoms with Crippen LogP contribution in [0.15, 0.2) is 36.7 Å². The van der Waals surface area contributed by atoms with Crippen molar-refractivity contribution in [2.24, 2.45) is 0 Å². The molecule has 2 aromatic rings. The standard InChI is InChI=1S/C16H17NO2/c1-11-8-13(10-17-9-11)15(18)14-6-2-4-12-5-3-7-19-16(12)14/h2,4,6,8-10,15,18H,3,5,7H2,1H3. The first-order valence-electron chi connectivity index (χ1n) is 6.60. The first-order chi connectivity index (χ1) is 9.25. The highest BCUT2D eigenvalue weighted by molar-refractivity contribution is 5.46. The minimum atomic E-state index is -0.680. The van der Waals surface area contributed by atoms with Crippen LogP contribution in [0.2, 0.25) is 0 Å². The van der Waals surface area contributed by atoms with E-state index in [-0.39, 0.29) is 0 Å². The fraction of sp³-hybridized carbons (Fsp3) is 0.312. The van der Waals surface area contributed by atoms with Gasteiger partial charge < -0.3 is 9.84 Å². The summed E-state index contributed by atoms with van der Waals surface area (Å²) in [7, 11) is 0. The summed E-state index contributed by atoms with van der Waals surface area (Å²) in [5.74, 6) is 0.850. The fourth-order valence-electron chi connectivity index (χ4n) is 2.54. The quantitative estimate of drug-likeness (QED) is 0.897. The van der Waals surface area contributed by atoms with Gasteiger partial charge in [0.1, 0.15) is 11.9 Å². The van der Waals surface area contributed by atoms with E-state index in [9.17, 15) is 5.11 Å². The van der Waals surface area contributed by atoms with E-state index < -0.39 is 6.10 Å². The molecule has 0 saturated heterocycles. The molecule has 1 aliphatic heterocycles. The van der Waals surface area contributed by atoms with Crippen LogP contribution >= 0.6 is 0 Å². The normalized spacial score (nSPS) is 15.5. The van der Waals surface area contributed by atoms with Gasteiger partial charge in [0.05, 0.1) is 6.61 Å². The molecule has 0 saturated carbocycles. The summed E-state index contributed by atoms with van der Waals surface area (Å²) < 4.78 is 5.75. The second-order valence-corrected chi connectivity index (χ2v) is 4.99. The molecule has 3 nitrogen and oxygen atoms in total.